The van der Waals surface area contributed by atoms with Crippen LogP contribution in [0, 0.1) is 23.2 Å². The summed E-state index contributed by atoms with van der Waals surface area (Å²) in [5.74, 6) is 2.79. The van der Waals surface area contributed by atoms with Gasteiger partial charge in [-0.25, -0.2) is 0 Å². The van der Waals surface area contributed by atoms with Crippen LogP contribution in [0.15, 0.2) is 24.3 Å². The zero-order valence-corrected chi connectivity index (χ0v) is 17.5. The standard InChI is InChI=1S/C25H35NO2/c1-3-4-18-5-7-22(8-6-18)23(27)9-10-24(28)26-17(2)25-14-19-11-20(15-25)13-21(12-19)16-25/h5-8,17,19-21H,3-4,9-16H2,1-2H3,(H,26,28). The summed E-state index contributed by atoms with van der Waals surface area (Å²) in [5, 5.41) is 3.28. The van der Waals surface area contributed by atoms with Gasteiger partial charge < -0.3 is 5.32 Å². The van der Waals surface area contributed by atoms with Gasteiger partial charge in [0.1, 0.15) is 0 Å². The summed E-state index contributed by atoms with van der Waals surface area (Å²) in [4.78, 5) is 25.0. The van der Waals surface area contributed by atoms with Gasteiger partial charge in [-0.1, -0.05) is 37.6 Å². The van der Waals surface area contributed by atoms with E-state index in [2.05, 4.69) is 19.2 Å². The summed E-state index contributed by atoms with van der Waals surface area (Å²) in [7, 11) is 0. The van der Waals surface area contributed by atoms with Gasteiger partial charge in [0.25, 0.3) is 0 Å². The zero-order valence-electron chi connectivity index (χ0n) is 17.5. The molecular weight excluding hydrogens is 346 g/mol. The minimum Gasteiger partial charge on any atom is -0.353 e. The largest absolute Gasteiger partial charge is 0.353 e. The molecule has 4 saturated carbocycles. The SMILES string of the molecule is CCCc1ccc(C(=O)CCC(=O)NC(C)C23CC4CC(CC(C4)C2)C3)cc1. The van der Waals surface area contributed by atoms with E-state index in [4.69, 9.17) is 0 Å². The van der Waals surface area contributed by atoms with Gasteiger partial charge >= 0.3 is 0 Å². The molecule has 0 spiro atoms. The highest BCUT2D eigenvalue weighted by Crippen LogP contribution is 2.61. The van der Waals surface area contributed by atoms with E-state index in [1.165, 1.54) is 44.1 Å². The van der Waals surface area contributed by atoms with Crippen molar-refractivity contribution in [1.82, 2.24) is 5.32 Å². The molecule has 1 aromatic carbocycles. The molecule has 3 heteroatoms. The van der Waals surface area contributed by atoms with Crippen molar-refractivity contribution in [2.24, 2.45) is 23.2 Å². The highest BCUT2D eigenvalue weighted by atomic mass is 16.2. The number of benzene rings is 1. The average Bonchev–Trinajstić information content (AvgIpc) is 2.66. The van der Waals surface area contributed by atoms with Crippen molar-refractivity contribution in [3.05, 3.63) is 35.4 Å². The lowest BCUT2D eigenvalue weighted by Gasteiger charge is -2.59. The Hall–Kier alpha value is -1.64. The number of carbonyl (C=O) groups excluding carboxylic acids is 2. The van der Waals surface area contributed by atoms with Gasteiger partial charge in [-0.2, -0.15) is 0 Å². The molecule has 1 N–H and O–H groups in total. The maximum absolute atomic E-state index is 12.6. The molecule has 3 nitrogen and oxygen atoms in total. The molecule has 1 amide bonds. The normalized spacial score (nSPS) is 31.6. The van der Waals surface area contributed by atoms with E-state index in [1.54, 1.807) is 0 Å². The van der Waals surface area contributed by atoms with Crippen LogP contribution >= 0.6 is 0 Å². The van der Waals surface area contributed by atoms with Crippen LogP contribution in [0.25, 0.3) is 0 Å². The molecule has 0 aromatic heterocycles. The first-order valence-electron chi connectivity index (χ1n) is 11.4. The van der Waals surface area contributed by atoms with E-state index in [0.717, 1.165) is 36.2 Å². The second kappa shape index (κ2) is 8.00. The summed E-state index contributed by atoms with van der Waals surface area (Å²) in [6, 6.07) is 8.11. The summed E-state index contributed by atoms with van der Waals surface area (Å²) < 4.78 is 0. The lowest BCUT2D eigenvalue weighted by Crippen LogP contribution is -2.55. The predicted molar refractivity (Wildman–Crippen MR) is 112 cm³/mol. The Morgan fingerprint density at radius 3 is 2.11 bits per heavy atom. The molecule has 1 aromatic rings. The first-order valence-corrected chi connectivity index (χ1v) is 11.4. The van der Waals surface area contributed by atoms with Gasteiger partial charge in [0, 0.05) is 24.4 Å². The van der Waals surface area contributed by atoms with Gasteiger partial charge in [0.15, 0.2) is 5.78 Å². The topological polar surface area (TPSA) is 46.2 Å². The van der Waals surface area contributed by atoms with Crippen molar-refractivity contribution in [2.45, 2.75) is 84.1 Å². The first-order chi connectivity index (χ1) is 13.5. The van der Waals surface area contributed by atoms with Crippen molar-refractivity contribution in [2.75, 3.05) is 0 Å². The van der Waals surface area contributed by atoms with E-state index in [9.17, 15) is 9.59 Å². The molecule has 0 radical (unpaired) electrons. The number of hydrogen-bond donors (Lipinski definition) is 1. The minimum atomic E-state index is 0.0409. The van der Waals surface area contributed by atoms with Gasteiger partial charge in [0.2, 0.25) is 5.91 Å². The van der Waals surface area contributed by atoms with Crippen LogP contribution in [-0.4, -0.2) is 17.7 Å². The Labute approximate surface area is 169 Å². The van der Waals surface area contributed by atoms with Crippen molar-refractivity contribution >= 4 is 11.7 Å². The maximum Gasteiger partial charge on any atom is 0.220 e. The lowest BCUT2D eigenvalue weighted by molar-refractivity contribution is -0.125. The van der Waals surface area contributed by atoms with E-state index >= 15 is 0 Å². The van der Waals surface area contributed by atoms with E-state index in [0.29, 0.717) is 18.3 Å². The lowest BCUT2D eigenvalue weighted by atomic mass is 9.48. The fourth-order valence-corrected chi connectivity index (χ4v) is 6.69. The molecule has 4 bridgehead atoms. The van der Waals surface area contributed by atoms with E-state index in [1.807, 2.05) is 24.3 Å². The highest BCUT2D eigenvalue weighted by Gasteiger charge is 2.53. The molecule has 5 rings (SSSR count). The molecular formula is C25H35NO2. The molecule has 1 unspecified atom stereocenters. The summed E-state index contributed by atoms with van der Waals surface area (Å²) in [6.07, 6.45) is 10.9. The van der Waals surface area contributed by atoms with E-state index in [-0.39, 0.29) is 17.7 Å². The molecule has 28 heavy (non-hydrogen) atoms. The molecule has 152 valence electrons. The number of carbonyl (C=O) groups is 2. The Bertz CT molecular complexity index is 685. The third-order valence-corrected chi connectivity index (χ3v) is 7.78. The van der Waals surface area contributed by atoms with Crippen LogP contribution in [0.1, 0.15) is 87.6 Å². The number of hydrogen-bond acceptors (Lipinski definition) is 2. The van der Waals surface area contributed by atoms with Gasteiger partial charge in [-0.05, 0) is 80.6 Å². The number of ketones is 1. The van der Waals surface area contributed by atoms with Crippen LogP contribution in [0.2, 0.25) is 0 Å². The van der Waals surface area contributed by atoms with Crippen LogP contribution in [-0.2, 0) is 11.2 Å². The fraction of sp³-hybridized carbons (Fsp3) is 0.680. The Morgan fingerprint density at radius 2 is 1.57 bits per heavy atom. The Morgan fingerprint density at radius 1 is 1.00 bits per heavy atom. The molecule has 0 heterocycles. The molecule has 4 aliphatic rings. The van der Waals surface area contributed by atoms with Crippen LogP contribution in [0.3, 0.4) is 0 Å². The van der Waals surface area contributed by atoms with Crippen LogP contribution < -0.4 is 5.32 Å². The molecule has 1 atom stereocenters. The van der Waals surface area contributed by atoms with Crippen molar-refractivity contribution < 1.29 is 9.59 Å². The zero-order chi connectivity index (χ0) is 19.7. The Kier molecular flexibility index (Phi) is 5.62. The number of amides is 1. The van der Waals surface area contributed by atoms with E-state index < -0.39 is 0 Å². The Balaban J connectivity index is 1.28. The first kappa shape index (κ1) is 19.7. The molecule has 4 fully saturated rings. The highest BCUT2D eigenvalue weighted by molar-refractivity contribution is 5.98. The quantitative estimate of drug-likeness (QED) is 0.619. The van der Waals surface area contributed by atoms with Gasteiger partial charge in [0.05, 0.1) is 0 Å². The number of aryl methyl sites for hydroxylation is 1. The number of Topliss-reactive ketones (excluding diaryl/α,β-unsaturated/α-hetero) is 1. The molecule has 0 aliphatic heterocycles. The van der Waals surface area contributed by atoms with Crippen molar-refractivity contribution in [3.8, 4) is 0 Å². The summed E-state index contributed by atoms with van der Waals surface area (Å²) in [5.41, 5.74) is 2.31. The molecule has 4 aliphatic carbocycles. The third kappa shape index (κ3) is 4.04. The fourth-order valence-electron chi connectivity index (χ4n) is 6.69. The summed E-state index contributed by atoms with van der Waals surface area (Å²) in [6.45, 7) is 4.36. The third-order valence-electron chi connectivity index (χ3n) is 7.78. The van der Waals surface area contributed by atoms with Gasteiger partial charge in [-0.3, -0.25) is 9.59 Å². The number of rotatable bonds is 8. The molecule has 0 saturated heterocycles. The smallest absolute Gasteiger partial charge is 0.220 e. The minimum absolute atomic E-state index is 0.0409. The average molecular weight is 382 g/mol. The van der Waals surface area contributed by atoms with Crippen LogP contribution in [0.4, 0.5) is 0 Å². The predicted octanol–water partition coefficient (Wildman–Crippen LogP) is 5.32. The second-order valence-electron chi connectivity index (χ2n) is 9.94. The second-order valence-corrected chi connectivity index (χ2v) is 9.94. The number of nitrogens with one attached hydrogen (secondary N) is 1. The van der Waals surface area contributed by atoms with Crippen molar-refractivity contribution in [1.29, 1.82) is 0 Å². The maximum atomic E-state index is 12.6. The van der Waals surface area contributed by atoms with Gasteiger partial charge in [-0.15, -0.1) is 0 Å². The van der Waals surface area contributed by atoms with Crippen molar-refractivity contribution in [3.63, 3.8) is 0 Å². The monoisotopic (exact) mass is 381 g/mol. The van der Waals surface area contributed by atoms with Crippen LogP contribution in [0.5, 0.6) is 0 Å². The summed E-state index contributed by atoms with van der Waals surface area (Å²) >= 11 is 0.